The summed E-state index contributed by atoms with van der Waals surface area (Å²) in [4.78, 5) is 21.1. The summed E-state index contributed by atoms with van der Waals surface area (Å²) in [6, 6.07) is 21.5. The highest BCUT2D eigenvalue weighted by Gasteiger charge is 2.17. The van der Waals surface area contributed by atoms with Crippen LogP contribution in [0.25, 0.3) is 22.0 Å². The van der Waals surface area contributed by atoms with Crippen molar-refractivity contribution in [2.24, 2.45) is 5.73 Å². The lowest BCUT2D eigenvalue weighted by Crippen LogP contribution is -2.24. The first kappa shape index (κ1) is 21.3. The van der Waals surface area contributed by atoms with Gasteiger partial charge in [0.2, 0.25) is 0 Å². The molecule has 0 spiro atoms. The van der Waals surface area contributed by atoms with Crippen LogP contribution in [-0.2, 0) is 0 Å². The van der Waals surface area contributed by atoms with Crippen molar-refractivity contribution in [3.8, 4) is 16.9 Å². The molecule has 0 aliphatic rings. The number of carbonyl (C=O) groups excluding carboxylic acids is 1. The highest BCUT2D eigenvalue weighted by Crippen LogP contribution is 2.32. The Morgan fingerprint density at radius 1 is 1.03 bits per heavy atom. The standard InChI is InChI=1S/C25H25N5O2/c1-27-14-22(17-6-4-3-5-7-17)30-25-21-13-18(16-8-10-19(32-2)11-9-16)12-20(24(26)31)23(21)28-15-29-25/h3-13,15,22,27H,14H2,1-2H3,(H2,26,31)(H,28,29,30). The highest BCUT2D eigenvalue weighted by molar-refractivity contribution is 6.08. The maximum atomic E-state index is 12.3. The summed E-state index contributed by atoms with van der Waals surface area (Å²) in [5.41, 5.74) is 9.48. The van der Waals surface area contributed by atoms with Crippen molar-refractivity contribution < 1.29 is 9.53 Å². The molecule has 1 atom stereocenters. The Morgan fingerprint density at radius 3 is 2.44 bits per heavy atom. The molecule has 4 aromatic rings. The molecule has 1 amide bonds. The van der Waals surface area contributed by atoms with E-state index in [9.17, 15) is 4.79 Å². The highest BCUT2D eigenvalue weighted by atomic mass is 16.5. The zero-order valence-electron chi connectivity index (χ0n) is 18.0. The van der Waals surface area contributed by atoms with Gasteiger partial charge in [0, 0.05) is 11.9 Å². The second-order valence-corrected chi connectivity index (χ2v) is 7.40. The van der Waals surface area contributed by atoms with Crippen molar-refractivity contribution in [3.05, 3.63) is 84.2 Å². The number of aromatic nitrogens is 2. The molecule has 0 bridgehead atoms. The number of likely N-dealkylation sites (N-methyl/N-ethyl adjacent to an activating group) is 1. The first-order valence-corrected chi connectivity index (χ1v) is 10.3. The second kappa shape index (κ2) is 9.45. The molecule has 1 unspecified atom stereocenters. The molecule has 0 aliphatic heterocycles. The number of hydrogen-bond acceptors (Lipinski definition) is 6. The number of amides is 1. The van der Waals surface area contributed by atoms with Gasteiger partial charge in [0.25, 0.3) is 5.91 Å². The third kappa shape index (κ3) is 4.38. The maximum absolute atomic E-state index is 12.3. The molecule has 0 radical (unpaired) electrons. The molecule has 7 heteroatoms. The van der Waals surface area contributed by atoms with E-state index in [0.29, 0.717) is 23.4 Å². The molecule has 32 heavy (non-hydrogen) atoms. The average Bonchev–Trinajstić information content (AvgIpc) is 2.84. The summed E-state index contributed by atoms with van der Waals surface area (Å²) < 4.78 is 5.26. The molecule has 4 rings (SSSR count). The molecule has 162 valence electrons. The fourth-order valence-electron chi connectivity index (χ4n) is 3.73. The van der Waals surface area contributed by atoms with Crippen LogP contribution in [-0.4, -0.2) is 36.6 Å². The smallest absolute Gasteiger partial charge is 0.250 e. The molecule has 0 saturated carbocycles. The number of methoxy groups -OCH3 is 1. The number of fused-ring (bicyclic) bond motifs is 1. The Balaban J connectivity index is 1.84. The number of hydrogen-bond donors (Lipinski definition) is 3. The topological polar surface area (TPSA) is 102 Å². The van der Waals surface area contributed by atoms with Crippen molar-refractivity contribution in [3.63, 3.8) is 0 Å². The van der Waals surface area contributed by atoms with Gasteiger partial charge in [0.05, 0.1) is 24.2 Å². The van der Waals surface area contributed by atoms with E-state index in [1.807, 2.05) is 55.6 Å². The van der Waals surface area contributed by atoms with Crippen LogP contribution in [0.3, 0.4) is 0 Å². The number of nitrogens with two attached hydrogens (primary N) is 1. The van der Waals surface area contributed by atoms with E-state index in [4.69, 9.17) is 10.5 Å². The van der Waals surface area contributed by atoms with Gasteiger partial charge in [-0.2, -0.15) is 0 Å². The average molecular weight is 428 g/mol. The zero-order valence-corrected chi connectivity index (χ0v) is 18.0. The minimum atomic E-state index is -0.537. The Morgan fingerprint density at radius 2 is 1.78 bits per heavy atom. The van der Waals surface area contributed by atoms with Crippen molar-refractivity contribution >= 4 is 22.6 Å². The van der Waals surface area contributed by atoms with E-state index >= 15 is 0 Å². The number of anilines is 1. The molecule has 1 aromatic heterocycles. The third-order valence-electron chi connectivity index (χ3n) is 5.35. The number of carbonyl (C=O) groups is 1. The summed E-state index contributed by atoms with van der Waals surface area (Å²) in [7, 11) is 3.53. The van der Waals surface area contributed by atoms with E-state index in [1.54, 1.807) is 13.2 Å². The quantitative estimate of drug-likeness (QED) is 0.396. The molecule has 0 aliphatic carbocycles. The van der Waals surface area contributed by atoms with Crippen LogP contribution in [0.4, 0.5) is 5.82 Å². The lowest BCUT2D eigenvalue weighted by atomic mass is 9.99. The monoisotopic (exact) mass is 427 g/mol. The van der Waals surface area contributed by atoms with Crippen molar-refractivity contribution in [2.45, 2.75) is 6.04 Å². The fraction of sp³-hybridized carbons (Fsp3) is 0.160. The minimum Gasteiger partial charge on any atom is -0.497 e. The van der Waals surface area contributed by atoms with E-state index < -0.39 is 5.91 Å². The van der Waals surface area contributed by atoms with Gasteiger partial charge in [-0.15, -0.1) is 0 Å². The van der Waals surface area contributed by atoms with Crippen LogP contribution >= 0.6 is 0 Å². The number of rotatable bonds is 8. The Bertz CT molecular complexity index is 1230. The van der Waals surface area contributed by atoms with Crippen LogP contribution in [0.2, 0.25) is 0 Å². The van der Waals surface area contributed by atoms with E-state index in [0.717, 1.165) is 27.8 Å². The number of ether oxygens (including phenoxy) is 1. The Labute approximate surface area is 186 Å². The van der Waals surface area contributed by atoms with E-state index in [1.165, 1.54) is 6.33 Å². The van der Waals surface area contributed by atoms with Gasteiger partial charge in [0.1, 0.15) is 17.9 Å². The molecule has 1 heterocycles. The summed E-state index contributed by atoms with van der Waals surface area (Å²) in [6.07, 6.45) is 1.45. The predicted octanol–water partition coefficient (Wildman–Crippen LogP) is 3.78. The van der Waals surface area contributed by atoms with Gasteiger partial charge in [-0.3, -0.25) is 4.79 Å². The summed E-state index contributed by atoms with van der Waals surface area (Å²) in [5, 5.41) is 7.47. The molecule has 3 aromatic carbocycles. The van der Waals surface area contributed by atoms with Crippen LogP contribution in [0.5, 0.6) is 5.75 Å². The van der Waals surface area contributed by atoms with Crippen molar-refractivity contribution in [1.29, 1.82) is 0 Å². The number of nitrogens with zero attached hydrogens (tertiary/aromatic N) is 2. The molecule has 7 nitrogen and oxygen atoms in total. The third-order valence-corrected chi connectivity index (χ3v) is 5.35. The van der Waals surface area contributed by atoms with Gasteiger partial charge >= 0.3 is 0 Å². The second-order valence-electron chi connectivity index (χ2n) is 7.40. The first-order valence-electron chi connectivity index (χ1n) is 10.3. The predicted molar refractivity (Wildman–Crippen MR) is 127 cm³/mol. The number of nitrogens with one attached hydrogen (secondary N) is 2. The lowest BCUT2D eigenvalue weighted by Gasteiger charge is -2.21. The van der Waals surface area contributed by atoms with Crippen LogP contribution in [0.1, 0.15) is 22.0 Å². The molecule has 4 N–H and O–H groups in total. The summed E-state index contributed by atoms with van der Waals surface area (Å²) in [5.74, 6) is 0.856. The van der Waals surface area contributed by atoms with Gasteiger partial charge in [0.15, 0.2) is 0 Å². The Kier molecular flexibility index (Phi) is 6.28. The van der Waals surface area contributed by atoms with Gasteiger partial charge in [-0.05, 0) is 48.0 Å². The molecular weight excluding hydrogens is 402 g/mol. The largest absolute Gasteiger partial charge is 0.497 e. The summed E-state index contributed by atoms with van der Waals surface area (Å²) in [6.45, 7) is 0.691. The minimum absolute atomic E-state index is 0.0269. The van der Waals surface area contributed by atoms with Crippen molar-refractivity contribution in [2.75, 3.05) is 26.0 Å². The van der Waals surface area contributed by atoms with E-state index in [2.05, 4.69) is 32.7 Å². The molecule has 0 fully saturated rings. The van der Waals surface area contributed by atoms with Gasteiger partial charge in [-0.1, -0.05) is 42.5 Å². The lowest BCUT2D eigenvalue weighted by molar-refractivity contribution is 0.100. The molecular formula is C25H25N5O2. The van der Waals surface area contributed by atoms with Crippen LogP contribution < -0.4 is 21.1 Å². The van der Waals surface area contributed by atoms with Crippen LogP contribution in [0.15, 0.2) is 73.1 Å². The fourth-order valence-corrected chi connectivity index (χ4v) is 3.73. The SMILES string of the molecule is CNCC(Nc1ncnc2c(C(N)=O)cc(-c3ccc(OC)cc3)cc12)c1ccccc1. The van der Waals surface area contributed by atoms with Gasteiger partial charge in [-0.25, -0.2) is 9.97 Å². The zero-order chi connectivity index (χ0) is 22.5. The van der Waals surface area contributed by atoms with Gasteiger partial charge < -0.3 is 21.1 Å². The molecule has 0 saturated heterocycles. The Hall–Kier alpha value is -3.97. The van der Waals surface area contributed by atoms with Crippen LogP contribution in [0, 0.1) is 0 Å². The van der Waals surface area contributed by atoms with E-state index in [-0.39, 0.29) is 6.04 Å². The number of primary amides is 1. The normalized spacial score (nSPS) is 11.8. The summed E-state index contributed by atoms with van der Waals surface area (Å²) >= 11 is 0. The maximum Gasteiger partial charge on any atom is 0.250 e. The number of benzene rings is 3. The van der Waals surface area contributed by atoms with Crippen molar-refractivity contribution in [1.82, 2.24) is 15.3 Å². The first-order chi connectivity index (χ1) is 15.6.